The summed E-state index contributed by atoms with van der Waals surface area (Å²) < 4.78 is 28.6. The molecule has 2 aromatic rings. The minimum atomic E-state index is -3.16. The number of sulfonamides is 1. The van der Waals surface area contributed by atoms with Crippen LogP contribution in [0, 0.1) is 0 Å². The summed E-state index contributed by atoms with van der Waals surface area (Å²) in [6.07, 6.45) is 2.06. The van der Waals surface area contributed by atoms with Crippen molar-refractivity contribution in [3.63, 3.8) is 0 Å². The molecule has 1 heterocycles. The van der Waals surface area contributed by atoms with Gasteiger partial charge in [0.15, 0.2) is 0 Å². The molecular formula is C15H14BrNO2SSe. The molecule has 0 saturated carbocycles. The molecule has 0 spiro atoms. The maximum absolute atomic E-state index is 11.7. The molecule has 2 aromatic carbocycles. The van der Waals surface area contributed by atoms with Crippen LogP contribution in [0.15, 0.2) is 46.9 Å². The molecule has 0 fully saturated rings. The standard InChI is InChI=1S/C15H14BrNO2SSe/c1-20(18,19)17-9-8-11-10-14(6-7-15(11)17)21-13-4-2-12(16)3-5-13/h2-7,10H,8-9H2,1H3. The molecule has 3 nitrogen and oxygen atoms in total. The van der Waals surface area contributed by atoms with Gasteiger partial charge in [0, 0.05) is 0 Å². The number of nitrogens with zero attached hydrogens (tertiary/aromatic N) is 1. The second kappa shape index (κ2) is 5.76. The van der Waals surface area contributed by atoms with E-state index < -0.39 is 10.0 Å². The van der Waals surface area contributed by atoms with Crippen LogP contribution in [0.5, 0.6) is 0 Å². The van der Waals surface area contributed by atoms with Crippen molar-refractivity contribution in [2.45, 2.75) is 6.42 Å². The molecule has 0 bridgehead atoms. The average Bonchev–Trinajstić information content (AvgIpc) is 2.84. The number of hydrogen-bond donors (Lipinski definition) is 0. The quantitative estimate of drug-likeness (QED) is 0.690. The molecule has 0 amide bonds. The van der Waals surface area contributed by atoms with Gasteiger partial charge in [-0.05, 0) is 0 Å². The SMILES string of the molecule is CS(=O)(=O)N1CCc2cc([Se]c3ccc(Br)cc3)ccc21. The fourth-order valence-corrected chi connectivity index (χ4v) is 5.47. The Labute approximate surface area is 139 Å². The van der Waals surface area contributed by atoms with Crippen LogP contribution in [-0.4, -0.2) is 36.2 Å². The molecule has 0 unspecified atom stereocenters. The topological polar surface area (TPSA) is 37.4 Å². The monoisotopic (exact) mass is 431 g/mol. The molecule has 0 atom stereocenters. The van der Waals surface area contributed by atoms with Crippen molar-refractivity contribution in [3.05, 3.63) is 52.5 Å². The van der Waals surface area contributed by atoms with E-state index in [2.05, 4.69) is 46.3 Å². The molecule has 0 aromatic heterocycles. The van der Waals surface area contributed by atoms with Crippen molar-refractivity contribution in [1.29, 1.82) is 0 Å². The van der Waals surface area contributed by atoms with Crippen molar-refractivity contribution in [2.75, 3.05) is 17.1 Å². The predicted octanol–water partition coefficient (Wildman–Crippen LogP) is 1.43. The van der Waals surface area contributed by atoms with Gasteiger partial charge in [-0.2, -0.15) is 0 Å². The molecular weight excluding hydrogens is 417 g/mol. The number of fused-ring (bicyclic) bond motifs is 1. The van der Waals surface area contributed by atoms with Crippen molar-refractivity contribution < 1.29 is 8.42 Å². The van der Waals surface area contributed by atoms with Crippen LogP contribution in [0.2, 0.25) is 0 Å². The average molecular weight is 431 g/mol. The number of hydrogen-bond acceptors (Lipinski definition) is 2. The Morgan fingerprint density at radius 1 is 1.10 bits per heavy atom. The van der Waals surface area contributed by atoms with Crippen LogP contribution in [0.3, 0.4) is 0 Å². The normalized spacial score (nSPS) is 14.3. The first kappa shape index (κ1) is 15.1. The van der Waals surface area contributed by atoms with Gasteiger partial charge >= 0.3 is 140 Å². The molecule has 0 radical (unpaired) electrons. The van der Waals surface area contributed by atoms with Gasteiger partial charge in [-0.25, -0.2) is 0 Å². The fourth-order valence-electron chi connectivity index (χ4n) is 2.39. The Morgan fingerprint density at radius 2 is 1.76 bits per heavy atom. The van der Waals surface area contributed by atoms with Crippen LogP contribution < -0.4 is 13.2 Å². The predicted molar refractivity (Wildman–Crippen MR) is 91.5 cm³/mol. The molecule has 0 saturated heterocycles. The summed E-state index contributed by atoms with van der Waals surface area (Å²) in [6.45, 7) is 0.558. The van der Waals surface area contributed by atoms with E-state index >= 15 is 0 Å². The van der Waals surface area contributed by atoms with Crippen LogP contribution >= 0.6 is 15.9 Å². The second-order valence-corrected chi connectivity index (χ2v) is 10.2. The summed E-state index contributed by atoms with van der Waals surface area (Å²) in [5.74, 6) is 0. The van der Waals surface area contributed by atoms with Gasteiger partial charge in [0.1, 0.15) is 0 Å². The van der Waals surface area contributed by atoms with Gasteiger partial charge in [0.25, 0.3) is 0 Å². The molecule has 1 aliphatic rings. The fraction of sp³-hybridized carbons (Fsp3) is 0.200. The van der Waals surface area contributed by atoms with E-state index in [4.69, 9.17) is 0 Å². The van der Waals surface area contributed by atoms with E-state index in [1.807, 2.05) is 12.1 Å². The van der Waals surface area contributed by atoms with Crippen LogP contribution in [0.1, 0.15) is 5.56 Å². The molecule has 21 heavy (non-hydrogen) atoms. The Bertz CT molecular complexity index is 775. The summed E-state index contributed by atoms with van der Waals surface area (Å²) >= 11 is 3.69. The first-order valence-corrected chi connectivity index (χ1v) is 10.8. The summed E-state index contributed by atoms with van der Waals surface area (Å²) in [4.78, 5) is 0. The van der Waals surface area contributed by atoms with Gasteiger partial charge in [-0.1, -0.05) is 0 Å². The van der Waals surface area contributed by atoms with E-state index in [1.54, 1.807) is 0 Å². The van der Waals surface area contributed by atoms with E-state index in [0.29, 0.717) is 6.54 Å². The maximum atomic E-state index is 11.7. The number of rotatable bonds is 3. The van der Waals surface area contributed by atoms with Crippen molar-refractivity contribution >= 4 is 55.5 Å². The number of anilines is 1. The molecule has 6 heteroatoms. The van der Waals surface area contributed by atoms with Crippen molar-refractivity contribution in [1.82, 2.24) is 0 Å². The Kier molecular flexibility index (Phi) is 4.14. The van der Waals surface area contributed by atoms with Gasteiger partial charge < -0.3 is 0 Å². The zero-order chi connectivity index (χ0) is 15.0. The Balaban J connectivity index is 1.86. The van der Waals surface area contributed by atoms with E-state index in [0.717, 1.165) is 22.1 Å². The third kappa shape index (κ3) is 3.34. The summed E-state index contributed by atoms with van der Waals surface area (Å²) in [5, 5.41) is 0. The summed E-state index contributed by atoms with van der Waals surface area (Å²) in [6, 6.07) is 14.5. The van der Waals surface area contributed by atoms with Gasteiger partial charge in [0.05, 0.1) is 0 Å². The Hall–Kier alpha value is -0.811. The minimum absolute atomic E-state index is 0.244. The van der Waals surface area contributed by atoms with Crippen molar-refractivity contribution in [3.8, 4) is 0 Å². The number of benzene rings is 2. The number of halogens is 1. The van der Waals surface area contributed by atoms with Gasteiger partial charge in [0.2, 0.25) is 0 Å². The zero-order valence-electron chi connectivity index (χ0n) is 11.4. The molecule has 0 N–H and O–H groups in total. The molecule has 110 valence electrons. The molecule has 0 aliphatic carbocycles. The molecule has 3 rings (SSSR count). The van der Waals surface area contributed by atoms with Gasteiger partial charge in [-0.15, -0.1) is 0 Å². The van der Waals surface area contributed by atoms with E-state index in [-0.39, 0.29) is 15.0 Å². The van der Waals surface area contributed by atoms with E-state index in [9.17, 15) is 8.42 Å². The van der Waals surface area contributed by atoms with E-state index in [1.165, 1.54) is 19.5 Å². The van der Waals surface area contributed by atoms with Crippen LogP contribution in [-0.2, 0) is 16.4 Å². The van der Waals surface area contributed by atoms with Crippen LogP contribution in [0.4, 0.5) is 5.69 Å². The Morgan fingerprint density at radius 3 is 2.43 bits per heavy atom. The first-order valence-electron chi connectivity index (χ1n) is 6.47. The van der Waals surface area contributed by atoms with Crippen molar-refractivity contribution in [2.24, 2.45) is 0 Å². The summed E-state index contributed by atoms with van der Waals surface area (Å²) in [5.41, 5.74) is 1.98. The molecule has 1 aliphatic heterocycles. The summed E-state index contributed by atoms with van der Waals surface area (Å²) in [7, 11) is -3.16. The van der Waals surface area contributed by atoms with Gasteiger partial charge in [-0.3, -0.25) is 0 Å². The second-order valence-electron chi connectivity index (χ2n) is 4.93. The third-order valence-corrected chi connectivity index (χ3v) is 7.15. The first-order chi connectivity index (χ1) is 9.93. The zero-order valence-corrected chi connectivity index (χ0v) is 15.5. The third-order valence-electron chi connectivity index (χ3n) is 3.35. The van der Waals surface area contributed by atoms with Crippen LogP contribution in [0.25, 0.3) is 0 Å².